The molecule has 3 rings (SSSR count). The third kappa shape index (κ3) is 4.82. The van der Waals surface area contributed by atoms with Crippen molar-refractivity contribution >= 4 is 40.8 Å². The Balaban J connectivity index is 1.71. The molecule has 0 saturated heterocycles. The topological polar surface area (TPSA) is 75.9 Å². The smallest absolute Gasteiger partial charge is 0.236 e. The Hall–Kier alpha value is -2.58. The Labute approximate surface area is 173 Å². The molecule has 1 N–H and O–H groups in total. The molecule has 1 aromatic carbocycles. The van der Waals surface area contributed by atoms with Crippen molar-refractivity contribution in [1.29, 1.82) is 0 Å². The van der Waals surface area contributed by atoms with Gasteiger partial charge in [0.2, 0.25) is 5.91 Å². The Bertz CT molecular complexity index is 957. The summed E-state index contributed by atoms with van der Waals surface area (Å²) < 4.78 is 2.01. The Kier molecular flexibility index (Phi) is 6.53. The number of pyridine rings is 1. The van der Waals surface area contributed by atoms with Gasteiger partial charge in [-0.3, -0.25) is 4.79 Å². The van der Waals surface area contributed by atoms with E-state index in [0.717, 1.165) is 17.1 Å². The third-order valence-corrected chi connectivity index (χ3v) is 5.17. The number of aromatic nitrogens is 4. The van der Waals surface area contributed by atoms with Gasteiger partial charge in [-0.15, -0.1) is 10.2 Å². The lowest BCUT2D eigenvalue weighted by Gasteiger charge is -2.14. The van der Waals surface area contributed by atoms with Crippen LogP contribution in [0.2, 0.25) is 5.02 Å². The maximum Gasteiger partial charge on any atom is 0.236 e. The van der Waals surface area contributed by atoms with Gasteiger partial charge in [-0.1, -0.05) is 35.5 Å². The van der Waals surface area contributed by atoms with Gasteiger partial charge in [-0.2, -0.15) is 0 Å². The number of thioether (sulfide) groups is 1. The van der Waals surface area contributed by atoms with E-state index in [9.17, 15) is 4.79 Å². The molecule has 28 heavy (non-hydrogen) atoms. The number of benzene rings is 1. The predicted molar refractivity (Wildman–Crippen MR) is 114 cm³/mol. The summed E-state index contributed by atoms with van der Waals surface area (Å²) in [5.74, 6) is 1.29. The summed E-state index contributed by atoms with van der Waals surface area (Å²) in [6.07, 6.45) is 1.49. The van der Waals surface area contributed by atoms with Crippen LogP contribution in [-0.4, -0.2) is 45.5 Å². The van der Waals surface area contributed by atoms with Gasteiger partial charge in [0, 0.05) is 38.1 Å². The zero-order valence-corrected chi connectivity index (χ0v) is 17.5. The zero-order chi connectivity index (χ0) is 20.1. The van der Waals surface area contributed by atoms with Crippen LogP contribution < -0.4 is 10.2 Å². The molecule has 0 radical (unpaired) electrons. The first-order valence-corrected chi connectivity index (χ1v) is 10.1. The van der Waals surface area contributed by atoms with Crippen molar-refractivity contribution in [3.63, 3.8) is 0 Å². The summed E-state index contributed by atoms with van der Waals surface area (Å²) in [7, 11) is 4.00. The van der Waals surface area contributed by atoms with Crippen LogP contribution in [0, 0.1) is 0 Å². The van der Waals surface area contributed by atoms with Crippen LogP contribution in [0.1, 0.15) is 6.92 Å². The molecule has 0 bridgehead atoms. The standard InChI is InChI=1S/C19H21ClN6OS/c1-4-26-18(13-6-5-7-15(10-13)25(2)3)23-24-19(26)28-12-17(27)22-16-9-8-14(20)11-21-16/h5-11H,4,12H2,1-3H3,(H,21,22,27). The molecule has 0 fully saturated rings. The maximum atomic E-state index is 12.2. The van der Waals surface area contributed by atoms with E-state index in [4.69, 9.17) is 11.6 Å². The number of carbonyl (C=O) groups is 1. The number of nitrogens with zero attached hydrogens (tertiary/aromatic N) is 5. The minimum Gasteiger partial charge on any atom is -0.378 e. The number of anilines is 2. The molecule has 0 saturated carbocycles. The van der Waals surface area contributed by atoms with Gasteiger partial charge in [0.15, 0.2) is 11.0 Å². The second-order valence-corrected chi connectivity index (χ2v) is 7.57. The predicted octanol–water partition coefficient (Wildman–Crippen LogP) is 3.81. The fraction of sp³-hybridized carbons (Fsp3) is 0.263. The molecule has 2 heterocycles. The Morgan fingerprint density at radius 3 is 2.75 bits per heavy atom. The minimum atomic E-state index is -0.165. The van der Waals surface area contributed by atoms with Crippen molar-refractivity contribution in [2.24, 2.45) is 0 Å². The molecular weight excluding hydrogens is 396 g/mol. The van der Waals surface area contributed by atoms with E-state index >= 15 is 0 Å². The second-order valence-electron chi connectivity index (χ2n) is 6.19. The summed E-state index contributed by atoms with van der Waals surface area (Å²) in [6.45, 7) is 2.74. The van der Waals surface area contributed by atoms with E-state index in [1.165, 1.54) is 18.0 Å². The highest BCUT2D eigenvalue weighted by molar-refractivity contribution is 7.99. The van der Waals surface area contributed by atoms with E-state index in [-0.39, 0.29) is 11.7 Å². The van der Waals surface area contributed by atoms with Crippen LogP contribution in [0.4, 0.5) is 11.5 Å². The van der Waals surface area contributed by atoms with Gasteiger partial charge in [-0.25, -0.2) is 4.98 Å². The van der Waals surface area contributed by atoms with E-state index < -0.39 is 0 Å². The van der Waals surface area contributed by atoms with Gasteiger partial charge < -0.3 is 14.8 Å². The molecular formula is C19H21ClN6OS. The van der Waals surface area contributed by atoms with Crippen molar-refractivity contribution < 1.29 is 4.79 Å². The van der Waals surface area contributed by atoms with Crippen LogP contribution in [-0.2, 0) is 11.3 Å². The van der Waals surface area contributed by atoms with Crippen LogP contribution >= 0.6 is 23.4 Å². The van der Waals surface area contributed by atoms with Crippen molar-refractivity contribution in [2.45, 2.75) is 18.6 Å². The third-order valence-electron chi connectivity index (χ3n) is 3.98. The molecule has 0 aliphatic heterocycles. The molecule has 1 amide bonds. The minimum absolute atomic E-state index is 0.165. The van der Waals surface area contributed by atoms with Gasteiger partial charge in [0.05, 0.1) is 10.8 Å². The number of amides is 1. The fourth-order valence-corrected chi connectivity index (χ4v) is 3.49. The number of carbonyl (C=O) groups excluding carboxylic acids is 1. The molecule has 3 aromatic rings. The molecule has 0 aliphatic carbocycles. The van der Waals surface area contributed by atoms with Gasteiger partial charge in [0.1, 0.15) is 5.82 Å². The fourth-order valence-electron chi connectivity index (χ4n) is 2.58. The average Bonchev–Trinajstić information content (AvgIpc) is 3.11. The second kappa shape index (κ2) is 9.07. The molecule has 0 unspecified atom stereocenters. The van der Waals surface area contributed by atoms with E-state index in [1.54, 1.807) is 12.1 Å². The first kappa shape index (κ1) is 20.2. The lowest BCUT2D eigenvalue weighted by molar-refractivity contribution is -0.113. The molecule has 0 atom stereocenters. The number of rotatable bonds is 7. The molecule has 0 spiro atoms. The summed E-state index contributed by atoms with van der Waals surface area (Å²) >= 11 is 7.14. The molecule has 9 heteroatoms. The lowest BCUT2D eigenvalue weighted by Crippen LogP contribution is -2.15. The first-order valence-electron chi connectivity index (χ1n) is 8.73. The number of halogens is 1. The van der Waals surface area contributed by atoms with Gasteiger partial charge in [-0.05, 0) is 31.2 Å². The highest BCUT2D eigenvalue weighted by Crippen LogP contribution is 2.26. The van der Waals surface area contributed by atoms with Crippen LogP contribution in [0.15, 0.2) is 47.8 Å². The van der Waals surface area contributed by atoms with E-state index in [1.807, 2.05) is 48.7 Å². The molecule has 146 valence electrons. The number of hydrogen-bond donors (Lipinski definition) is 1. The Morgan fingerprint density at radius 1 is 1.25 bits per heavy atom. The number of nitrogens with one attached hydrogen (secondary N) is 1. The molecule has 7 nitrogen and oxygen atoms in total. The Morgan fingerprint density at radius 2 is 2.07 bits per heavy atom. The van der Waals surface area contributed by atoms with Gasteiger partial charge >= 0.3 is 0 Å². The van der Waals surface area contributed by atoms with Crippen molar-refractivity contribution in [1.82, 2.24) is 19.7 Å². The highest BCUT2D eigenvalue weighted by atomic mass is 35.5. The monoisotopic (exact) mass is 416 g/mol. The quantitative estimate of drug-likeness (QED) is 0.590. The summed E-state index contributed by atoms with van der Waals surface area (Å²) in [4.78, 5) is 18.3. The highest BCUT2D eigenvalue weighted by Gasteiger charge is 2.15. The van der Waals surface area contributed by atoms with Crippen molar-refractivity contribution in [3.05, 3.63) is 47.6 Å². The van der Waals surface area contributed by atoms with Crippen molar-refractivity contribution in [2.75, 3.05) is 30.1 Å². The largest absolute Gasteiger partial charge is 0.378 e. The SMILES string of the molecule is CCn1c(SCC(=O)Nc2ccc(Cl)cn2)nnc1-c1cccc(N(C)C)c1. The van der Waals surface area contributed by atoms with E-state index in [2.05, 4.69) is 26.6 Å². The summed E-state index contributed by atoms with van der Waals surface area (Å²) in [6, 6.07) is 11.5. The first-order chi connectivity index (χ1) is 13.5. The molecule has 2 aromatic heterocycles. The number of hydrogen-bond acceptors (Lipinski definition) is 6. The summed E-state index contributed by atoms with van der Waals surface area (Å²) in [5, 5.41) is 12.6. The lowest BCUT2D eigenvalue weighted by atomic mass is 10.2. The van der Waals surface area contributed by atoms with Crippen molar-refractivity contribution in [3.8, 4) is 11.4 Å². The van der Waals surface area contributed by atoms with Gasteiger partial charge in [0.25, 0.3) is 0 Å². The van der Waals surface area contributed by atoms with Crippen LogP contribution in [0.25, 0.3) is 11.4 Å². The molecule has 0 aliphatic rings. The average molecular weight is 417 g/mol. The van der Waals surface area contributed by atoms with E-state index in [0.29, 0.717) is 22.5 Å². The zero-order valence-electron chi connectivity index (χ0n) is 15.9. The van der Waals surface area contributed by atoms with Crippen LogP contribution in [0.5, 0.6) is 0 Å². The maximum absolute atomic E-state index is 12.2. The van der Waals surface area contributed by atoms with Crippen LogP contribution in [0.3, 0.4) is 0 Å². The summed E-state index contributed by atoms with van der Waals surface area (Å²) in [5.41, 5.74) is 2.08. The normalized spacial score (nSPS) is 10.7.